The number of aromatic nitrogens is 2. The lowest BCUT2D eigenvalue weighted by atomic mass is 10.0. The fourth-order valence-corrected chi connectivity index (χ4v) is 3.21. The maximum atomic E-state index is 5.25. The van der Waals surface area contributed by atoms with Gasteiger partial charge in [-0.25, -0.2) is 9.97 Å². The zero-order valence-corrected chi connectivity index (χ0v) is 15.6. The Hall–Kier alpha value is -2.92. The molecule has 1 heterocycles. The Kier molecular flexibility index (Phi) is 4.77. The monoisotopic (exact) mass is 361 g/mol. The first-order valence-corrected chi connectivity index (χ1v) is 9.07. The van der Waals surface area contributed by atoms with Crippen molar-refractivity contribution >= 4 is 0 Å². The summed E-state index contributed by atoms with van der Waals surface area (Å²) in [5, 5.41) is 3.68. The van der Waals surface area contributed by atoms with E-state index in [-0.39, 0.29) is 5.54 Å². The number of hydrogen-bond donors (Lipinski definition) is 1. The van der Waals surface area contributed by atoms with E-state index in [2.05, 4.69) is 27.4 Å². The van der Waals surface area contributed by atoms with Crippen LogP contribution in [0, 0.1) is 0 Å². The lowest BCUT2D eigenvalue weighted by Gasteiger charge is -2.18. The summed E-state index contributed by atoms with van der Waals surface area (Å²) in [6.07, 6.45) is 6.07. The molecule has 0 atom stereocenters. The number of nitrogens with one attached hydrogen (secondary N) is 1. The Morgan fingerprint density at radius 1 is 0.852 bits per heavy atom. The maximum absolute atomic E-state index is 5.25. The van der Waals surface area contributed by atoms with Crippen LogP contribution in [0.5, 0.6) is 11.5 Å². The fourth-order valence-electron chi connectivity index (χ4n) is 3.21. The molecule has 1 aliphatic rings. The van der Waals surface area contributed by atoms with Crippen molar-refractivity contribution in [1.82, 2.24) is 15.3 Å². The number of nitrogens with zero attached hydrogens (tertiary/aromatic N) is 2. The van der Waals surface area contributed by atoms with E-state index in [9.17, 15) is 0 Å². The molecule has 0 amide bonds. The third-order valence-corrected chi connectivity index (χ3v) is 5.08. The van der Waals surface area contributed by atoms with Gasteiger partial charge < -0.3 is 14.8 Å². The molecule has 0 bridgehead atoms. The molecular weight excluding hydrogens is 338 g/mol. The van der Waals surface area contributed by atoms with Gasteiger partial charge in [0, 0.05) is 35.6 Å². The number of benzene rings is 2. The van der Waals surface area contributed by atoms with Crippen molar-refractivity contribution in [2.24, 2.45) is 0 Å². The van der Waals surface area contributed by atoms with Crippen LogP contribution in [0.25, 0.3) is 11.4 Å². The van der Waals surface area contributed by atoms with Gasteiger partial charge in [0.2, 0.25) is 0 Å². The van der Waals surface area contributed by atoms with Crippen molar-refractivity contribution in [2.45, 2.75) is 24.9 Å². The highest BCUT2D eigenvalue weighted by Gasteiger charge is 2.43. The van der Waals surface area contributed by atoms with Crippen LogP contribution in [-0.2, 0) is 12.1 Å². The minimum atomic E-state index is 0.0704. The molecule has 4 rings (SSSR count). The smallest absolute Gasteiger partial charge is 0.159 e. The van der Waals surface area contributed by atoms with Gasteiger partial charge in [0.25, 0.3) is 0 Å². The molecular formula is C22H23N3O2. The summed E-state index contributed by atoms with van der Waals surface area (Å²) < 4.78 is 10.4. The second kappa shape index (κ2) is 7.37. The van der Waals surface area contributed by atoms with Crippen molar-refractivity contribution in [3.63, 3.8) is 0 Å². The van der Waals surface area contributed by atoms with Gasteiger partial charge in [0.05, 0.1) is 14.2 Å². The molecule has 5 nitrogen and oxygen atoms in total. The lowest BCUT2D eigenvalue weighted by Crippen LogP contribution is -2.28. The molecule has 5 heteroatoms. The molecule has 1 fully saturated rings. The minimum Gasteiger partial charge on any atom is -0.497 e. The van der Waals surface area contributed by atoms with Crippen LogP contribution in [-0.4, -0.2) is 24.2 Å². The molecule has 0 spiro atoms. The van der Waals surface area contributed by atoms with Gasteiger partial charge in [0.15, 0.2) is 5.82 Å². The highest BCUT2D eigenvalue weighted by atomic mass is 16.5. The van der Waals surface area contributed by atoms with Crippen molar-refractivity contribution in [3.05, 3.63) is 72.1 Å². The molecule has 0 radical (unpaired) electrons. The van der Waals surface area contributed by atoms with Gasteiger partial charge >= 0.3 is 0 Å². The first-order chi connectivity index (χ1) is 13.2. The van der Waals surface area contributed by atoms with E-state index in [1.165, 1.54) is 5.56 Å². The zero-order chi connectivity index (χ0) is 18.7. The van der Waals surface area contributed by atoms with Gasteiger partial charge in [-0.3, -0.25) is 0 Å². The molecule has 0 unspecified atom stereocenters. The van der Waals surface area contributed by atoms with Crippen LogP contribution in [0.1, 0.15) is 24.0 Å². The van der Waals surface area contributed by atoms with Crippen LogP contribution >= 0.6 is 0 Å². The summed E-state index contributed by atoms with van der Waals surface area (Å²) in [5.74, 6) is 2.43. The average Bonchev–Trinajstić information content (AvgIpc) is 3.54. The normalized spacial score (nSPS) is 14.6. The number of ether oxygens (including phenoxy) is 2. The molecule has 0 aliphatic heterocycles. The minimum absolute atomic E-state index is 0.0704. The molecule has 1 aromatic heterocycles. The fraction of sp³-hybridized carbons (Fsp3) is 0.273. The first kappa shape index (κ1) is 17.5. The van der Waals surface area contributed by atoms with Crippen LogP contribution in [0.3, 0.4) is 0 Å². The molecule has 1 N–H and O–H groups in total. The Morgan fingerprint density at radius 3 is 1.93 bits per heavy atom. The number of hydrogen-bond acceptors (Lipinski definition) is 5. The predicted molar refractivity (Wildman–Crippen MR) is 105 cm³/mol. The van der Waals surface area contributed by atoms with E-state index in [1.54, 1.807) is 14.2 Å². The Morgan fingerprint density at radius 2 is 1.41 bits per heavy atom. The van der Waals surface area contributed by atoms with E-state index in [4.69, 9.17) is 9.47 Å². The quantitative estimate of drug-likeness (QED) is 0.691. The second-order valence-electron chi connectivity index (χ2n) is 6.81. The predicted octanol–water partition coefficient (Wildman–Crippen LogP) is 3.94. The van der Waals surface area contributed by atoms with Crippen LogP contribution in [0.4, 0.5) is 0 Å². The Labute approximate surface area is 159 Å². The first-order valence-electron chi connectivity index (χ1n) is 9.07. The zero-order valence-electron chi connectivity index (χ0n) is 15.6. The van der Waals surface area contributed by atoms with E-state index in [1.807, 2.05) is 48.8 Å². The SMILES string of the molecule is COc1ccc(-c2ncc(CNC3(c4ccc(OC)cc4)CC3)cn2)cc1. The Balaban J connectivity index is 1.41. The van der Waals surface area contributed by atoms with Crippen molar-refractivity contribution in [1.29, 1.82) is 0 Å². The third-order valence-electron chi connectivity index (χ3n) is 5.08. The van der Waals surface area contributed by atoms with E-state index >= 15 is 0 Å². The number of methoxy groups -OCH3 is 2. The average molecular weight is 361 g/mol. The second-order valence-corrected chi connectivity index (χ2v) is 6.81. The topological polar surface area (TPSA) is 56.3 Å². The summed E-state index contributed by atoms with van der Waals surface area (Å²) in [5.41, 5.74) is 3.43. The summed E-state index contributed by atoms with van der Waals surface area (Å²) in [4.78, 5) is 9.02. The van der Waals surface area contributed by atoms with Crippen LogP contribution in [0.2, 0.25) is 0 Å². The van der Waals surface area contributed by atoms with Crippen molar-refractivity contribution < 1.29 is 9.47 Å². The number of rotatable bonds is 7. The molecule has 2 aromatic carbocycles. The standard InChI is InChI=1S/C22H23N3O2/c1-26-19-7-3-17(4-8-19)21-23-13-16(14-24-21)15-25-22(11-12-22)18-5-9-20(27-2)10-6-18/h3-10,13-14,25H,11-12,15H2,1-2H3. The largest absolute Gasteiger partial charge is 0.497 e. The van der Waals surface area contributed by atoms with Crippen molar-refractivity contribution in [2.75, 3.05) is 14.2 Å². The molecule has 27 heavy (non-hydrogen) atoms. The van der Waals surface area contributed by atoms with E-state index < -0.39 is 0 Å². The van der Waals surface area contributed by atoms with Crippen LogP contribution < -0.4 is 14.8 Å². The molecule has 1 aliphatic carbocycles. The van der Waals surface area contributed by atoms with Gasteiger partial charge in [-0.15, -0.1) is 0 Å². The van der Waals surface area contributed by atoms with Gasteiger partial charge in [-0.1, -0.05) is 12.1 Å². The molecule has 138 valence electrons. The van der Waals surface area contributed by atoms with E-state index in [0.29, 0.717) is 0 Å². The van der Waals surface area contributed by atoms with Gasteiger partial charge in [-0.05, 0) is 54.8 Å². The molecule has 1 saturated carbocycles. The highest BCUT2D eigenvalue weighted by Crippen LogP contribution is 2.46. The third kappa shape index (κ3) is 3.78. The van der Waals surface area contributed by atoms with Gasteiger partial charge in [-0.2, -0.15) is 0 Å². The Bertz CT molecular complexity index is 886. The highest BCUT2D eigenvalue weighted by molar-refractivity contribution is 5.55. The molecule has 0 saturated heterocycles. The maximum Gasteiger partial charge on any atom is 0.159 e. The van der Waals surface area contributed by atoms with Gasteiger partial charge in [0.1, 0.15) is 11.5 Å². The summed E-state index contributed by atoms with van der Waals surface area (Å²) >= 11 is 0. The molecule has 3 aromatic rings. The summed E-state index contributed by atoms with van der Waals surface area (Å²) in [6, 6.07) is 16.1. The van der Waals surface area contributed by atoms with E-state index in [0.717, 1.165) is 47.8 Å². The summed E-state index contributed by atoms with van der Waals surface area (Å²) in [6.45, 7) is 0.745. The van der Waals surface area contributed by atoms with Crippen molar-refractivity contribution in [3.8, 4) is 22.9 Å². The summed E-state index contributed by atoms with van der Waals surface area (Å²) in [7, 11) is 3.35. The van der Waals surface area contributed by atoms with Crippen LogP contribution in [0.15, 0.2) is 60.9 Å². The lowest BCUT2D eigenvalue weighted by molar-refractivity contribution is 0.414.